The van der Waals surface area contributed by atoms with Gasteiger partial charge in [-0.05, 0) is 30.2 Å². The van der Waals surface area contributed by atoms with Gasteiger partial charge in [0.1, 0.15) is 11.6 Å². The van der Waals surface area contributed by atoms with Gasteiger partial charge in [0.05, 0.1) is 17.7 Å². The maximum atomic E-state index is 10.4. The molecular formula is C18H17N3O. The Labute approximate surface area is 128 Å². The van der Waals surface area contributed by atoms with Gasteiger partial charge in [-0.25, -0.2) is 9.97 Å². The molecule has 2 aromatic carbocycles. The normalized spacial score (nSPS) is 20.1. The highest BCUT2D eigenvalue weighted by atomic mass is 16.3. The number of anilines is 1. The molecule has 1 heterocycles. The summed E-state index contributed by atoms with van der Waals surface area (Å²) >= 11 is 0. The van der Waals surface area contributed by atoms with Crippen molar-refractivity contribution >= 4 is 16.7 Å². The molecule has 1 aliphatic carbocycles. The van der Waals surface area contributed by atoms with E-state index in [-0.39, 0.29) is 6.04 Å². The van der Waals surface area contributed by atoms with Gasteiger partial charge in [-0.2, -0.15) is 0 Å². The summed E-state index contributed by atoms with van der Waals surface area (Å²) in [6.07, 6.45) is 0.238. The minimum atomic E-state index is -0.438. The molecule has 4 heteroatoms. The fourth-order valence-corrected chi connectivity index (χ4v) is 3.20. The molecule has 1 aromatic heterocycles. The average Bonchev–Trinajstić information content (AvgIpc) is 2.83. The largest absolute Gasteiger partial charge is 0.390 e. The van der Waals surface area contributed by atoms with Crippen molar-refractivity contribution in [2.45, 2.75) is 25.5 Å². The quantitative estimate of drug-likeness (QED) is 0.762. The Morgan fingerprint density at radius 1 is 1.05 bits per heavy atom. The number of nitrogens with one attached hydrogen (secondary N) is 1. The standard InChI is InChI=1S/C18H17N3O/c1-11-19-15-9-5-4-8-14(15)18(20-11)21-17-13-7-3-2-6-12(13)10-16(17)22/h2-9,16-17,22H,10H2,1H3,(H,19,20,21)/t16-,17+/m1/s1. The van der Waals surface area contributed by atoms with Gasteiger partial charge in [-0.15, -0.1) is 0 Å². The average molecular weight is 291 g/mol. The molecular weight excluding hydrogens is 274 g/mol. The Morgan fingerprint density at radius 2 is 1.82 bits per heavy atom. The van der Waals surface area contributed by atoms with Crippen LogP contribution in [0.15, 0.2) is 48.5 Å². The highest BCUT2D eigenvalue weighted by Crippen LogP contribution is 2.35. The van der Waals surface area contributed by atoms with Crippen LogP contribution in [0.25, 0.3) is 10.9 Å². The fourth-order valence-electron chi connectivity index (χ4n) is 3.20. The second-order valence-corrected chi connectivity index (χ2v) is 5.73. The van der Waals surface area contributed by atoms with Crippen molar-refractivity contribution in [3.05, 3.63) is 65.5 Å². The van der Waals surface area contributed by atoms with Crippen LogP contribution >= 0.6 is 0 Å². The smallest absolute Gasteiger partial charge is 0.138 e. The third-order valence-electron chi connectivity index (χ3n) is 4.21. The molecule has 22 heavy (non-hydrogen) atoms. The molecule has 2 atom stereocenters. The zero-order chi connectivity index (χ0) is 15.1. The summed E-state index contributed by atoms with van der Waals surface area (Å²) in [6, 6.07) is 16.0. The topological polar surface area (TPSA) is 58.0 Å². The maximum absolute atomic E-state index is 10.4. The number of rotatable bonds is 2. The van der Waals surface area contributed by atoms with Crippen LogP contribution in [0, 0.1) is 6.92 Å². The van der Waals surface area contributed by atoms with Crippen molar-refractivity contribution in [3.63, 3.8) is 0 Å². The third kappa shape index (κ3) is 2.12. The fraction of sp³-hybridized carbons (Fsp3) is 0.222. The van der Waals surface area contributed by atoms with Gasteiger partial charge in [0, 0.05) is 11.8 Å². The lowest BCUT2D eigenvalue weighted by Gasteiger charge is -2.20. The molecule has 0 bridgehead atoms. The predicted molar refractivity (Wildman–Crippen MR) is 86.8 cm³/mol. The van der Waals surface area contributed by atoms with E-state index in [1.165, 1.54) is 5.56 Å². The first-order chi connectivity index (χ1) is 10.7. The molecule has 1 aliphatic rings. The summed E-state index contributed by atoms with van der Waals surface area (Å²) in [6.45, 7) is 1.89. The number of aryl methyl sites for hydroxylation is 1. The first-order valence-corrected chi connectivity index (χ1v) is 7.48. The first-order valence-electron chi connectivity index (χ1n) is 7.48. The van der Waals surface area contributed by atoms with E-state index in [0.717, 1.165) is 28.1 Å². The second-order valence-electron chi connectivity index (χ2n) is 5.73. The Balaban J connectivity index is 1.78. The Bertz CT molecular complexity index is 847. The third-order valence-corrected chi connectivity index (χ3v) is 4.21. The number of aliphatic hydroxyl groups is 1. The van der Waals surface area contributed by atoms with Gasteiger partial charge in [-0.1, -0.05) is 36.4 Å². The van der Waals surface area contributed by atoms with Crippen LogP contribution in [0.4, 0.5) is 5.82 Å². The number of aliphatic hydroxyl groups excluding tert-OH is 1. The van der Waals surface area contributed by atoms with Gasteiger partial charge in [0.25, 0.3) is 0 Å². The Morgan fingerprint density at radius 3 is 2.73 bits per heavy atom. The van der Waals surface area contributed by atoms with E-state index in [1.54, 1.807) is 0 Å². The van der Waals surface area contributed by atoms with Gasteiger partial charge in [0.2, 0.25) is 0 Å². The van der Waals surface area contributed by atoms with Crippen LogP contribution in [-0.4, -0.2) is 21.2 Å². The molecule has 0 saturated heterocycles. The summed E-state index contributed by atoms with van der Waals surface area (Å²) in [4.78, 5) is 9.00. The van der Waals surface area contributed by atoms with E-state index >= 15 is 0 Å². The SMILES string of the molecule is Cc1nc(N[C@H]2c3ccccc3C[C@H]2O)c2ccccc2n1. The van der Waals surface area contributed by atoms with E-state index < -0.39 is 6.10 Å². The number of nitrogens with zero attached hydrogens (tertiary/aromatic N) is 2. The van der Waals surface area contributed by atoms with Crippen molar-refractivity contribution in [3.8, 4) is 0 Å². The number of fused-ring (bicyclic) bond motifs is 2. The molecule has 0 aliphatic heterocycles. The van der Waals surface area contributed by atoms with Crippen LogP contribution in [0.5, 0.6) is 0 Å². The minimum absolute atomic E-state index is 0.131. The van der Waals surface area contributed by atoms with E-state index in [0.29, 0.717) is 6.42 Å². The lowest BCUT2D eigenvalue weighted by molar-refractivity contribution is 0.165. The Hall–Kier alpha value is -2.46. The van der Waals surface area contributed by atoms with Gasteiger partial charge < -0.3 is 10.4 Å². The lowest BCUT2D eigenvalue weighted by atomic mass is 10.1. The van der Waals surface area contributed by atoms with Gasteiger partial charge >= 0.3 is 0 Å². The van der Waals surface area contributed by atoms with Gasteiger partial charge in [0.15, 0.2) is 0 Å². The van der Waals surface area contributed by atoms with E-state index in [1.807, 2.05) is 43.3 Å². The summed E-state index contributed by atoms with van der Waals surface area (Å²) in [5, 5.41) is 14.8. The number of aromatic nitrogens is 2. The number of hydrogen-bond donors (Lipinski definition) is 2. The maximum Gasteiger partial charge on any atom is 0.138 e. The molecule has 4 rings (SSSR count). The number of para-hydroxylation sites is 1. The summed E-state index contributed by atoms with van der Waals surface area (Å²) in [7, 11) is 0. The monoisotopic (exact) mass is 291 g/mol. The zero-order valence-electron chi connectivity index (χ0n) is 12.3. The van der Waals surface area contributed by atoms with Crippen LogP contribution in [0.2, 0.25) is 0 Å². The summed E-state index contributed by atoms with van der Waals surface area (Å²) in [5.41, 5.74) is 3.26. The highest BCUT2D eigenvalue weighted by Gasteiger charge is 2.31. The molecule has 2 N–H and O–H groups in total. The van der Waals surface area contributed by atoms with E-state index in [4.69, 9.17) is 0 Å². The number of benzene rings is 2. The van der Waals surface area contributed by atoms with Gasteiger partial charge in [-0.3, -0.25) is 0 Å². The first kappa shape index (κ1) is 13.2. The van der Waals surface area contributed by atoms with Crippen LogP contribution < -0.4 is 5.32 Å². The second kappa shape index (κ2) is 5.07. The van der Waals surface area contributed by atoms with Crippen molar-refractivity contribution in [2.24, 2.45) is 0 Å². The predicted octanol–water partition coefficient (Wildman–Crippen LogP) is 3.01. The molecule has 110 valence electrons. The van der Waals surface area contributed by atoms with Crippen molar-refractivity contribution in [2.75, 3.05) is 5.32 Å². The zero-order valence-corrected chi connectivity index (χ0v) is 12.3. The molecule has 0 fully saturated rings. The molecule has 0 unspecified atom stereocenters. The van der Waals surface area contributed by atoms with Crippen molar-refractivity contribution in [1.29, 1.82) is 0 Å². The van der Waals surface area contributed by atoms with E-state index in [2.05, 4.69) is 27.4 Å². The van der Waals surface area contributed by atoms with E-state index in [9.17, 15) is 5.11 Å². The Kier molecular flexibility index (Phi) is 3.05. The van der Waals surface area contributed by atoms with Crippen LogP contribution in [0.1, 0.15) is 23.0 Å². The molecule has 3 aromatic rings. The molecule has 0 amide bonds. The minimum Gasteiger partial charge on any atom is -0.390 e. The van der Waals surface area contributed by atoms with Crippen molar-refractivity contribution < 1.29 is 5.11 Å². The number of hydrogen-bond acceptors (Lipinski definition) is 4. The summed E-state index contributed by atoms with van der Waals surface area (Å²) in [5.74, 6) is 1.51. The van der Waals surface area contributed by atoms with Crippen LogP contribution in [-0.2, 0) is 6.42 Å². The molecule has 0 spiro atoms. The molecule has 0 saturated carbocycles. The highest BCUT2D eigenvalue weighted by molar-refractivity contribution is 5.89. The molecule has 4 nitrogen and oxygen atoms in total. The summed E-state index contributed by atoms with van der Waals surface area (Å²) < 4.78 is 0. The van der Waals surface area contributed by atoms with Crippen molar-refractivity contribution in [1.82, 2.24) is 9.97 Å². The molecule has 0 radical (unpaired) electrons. The lowest BCUT2D eigenvalue weighted by Crippen LogP contribution is -2.22. The van der Waals surface area contributed by atoms with Crippen LogP contribution in [0.3, 0.4) is 0 Å².